The molecule has 0 radical (unpaired) electrons. The second-order valence-corrected chi connectivity index (χ2v) is 5.98. The van der Waals surface area contributed by atoms with Crippen LogP contribution in [0.3, 0.4) is 0 Å². The molecule has 142 valence electrons. The molecule has 2 amide bonds. The summed E-state index contributed by atoms with van der Waals surface area (Å²) < 4.78 is 39.9. The number of hydrogen-bond donors (Lipinski definition) is 3. The molecule has 0 saturated heterocycles. The van der Waals surface area contributed by atoms with E-state index < -0.39 is 17.8 Å². The molecule has 0 spiro atoms. The van der Waals surface area contributed by atoms with Gasteiger partial charge in [-0.25, -0.2) is 4.79 Å². The van der Waals surface area contributed by atoms with Gasteiger partial charge in [-0.15, -0.1) is 0 Å². The summed E-state index contributed by atoms with van der Waals surface area (Å²) >= 11 is 0. The molecule has 0 aliphatic rings. The van der Waals surface area contributed by atoms with E-state index in [0.717, 1.165) is 18.6 Å². The summed E-state index contributed by atoms with van der Waals surface area (Å²) in [7, 11) is 0. The molecular weight excluding hydrogens is 361 g/mol. The molecule has 3 aromatic rings. The first-order valence-electron chi connectivity index (χ1n) is 8.26. The van der Waals surface area contributed by atoms with E-state index >= 15 is 0 Å². The van der Waals surface area contributed by atoms with E-state index in [1.54, 1.807) is 16.8 Å². The van der Waals surface area contributed by atoms with E-state index in [0.29, 0.717) is 23.1 Å². The highest BCUT2D eigenvalue weighted by Crippen LogP contribution is 2.30. The number of benzene rings is 2. The number of nitrogens with one attached hydrogen (secondary N) is 3. The second kappa shape index (κ2) is 7.18. The van der Waals surface area contributed by atoms with Crippen molar-refractivity contribution in [3.8, 4) is 0 Å². The summed E-state index contributed by atoms with van der Waals surface area (Å²) in [6.45, 7) is 2.64. The fourth-order valence-electron chi connectivity index (χ4n) is 2.74. The first-order chi connectivity index (χ1) is 12.8. The van der Waals surface area contributed by atoms with Crippen molar-refractivity contribution in [3.63, 3.8) is 0 Å². The van der Waals surface area contributed by atoms with Crippen LogP contribution in [0.1, 0.15) is 18.9 Å². The minimum absolute atomic E-state index is 0.00958. The van der Waals surface area contributed by atoms with Gasteiger partial charge in [-0.1, -0.05) is 13.0 Å². The lowest BCUT2D eigenvalue weighted by Crippen LogP contribution is -2.19. The van der Waals surface area contributed by atoms with Crippen LogP contribution in [0.2, 0.25) is 0 Å². The second-order valence-electron chi connectivity index (χ2n) is 5.98. The third-order valence-electron chi connectivity index (χ3n) is 3.92. The Morgan fingerprint density at radius 1 is 1.11 bits per heavy atom. The summed E-state index contributed by atoms with van der Waals surface area (Å²) in [6.07, 6.45) is -3.65. The van der Waals surface area contributed by atoms with E-state index in [-0.39, 0.29) is 11.2 Å². The van der Waals surface area contributed by atoms with Gasteiger partial charge < -0.3 is 10.6 Å². The van der Waals surface area contributed by atoms with Crippen LogP contribution < -0.4 is 16.2 Å². The number of aromatic nitrogens is 2. The maximum absolute atomic E-state index is 12.7. The zero-order valence-corrected chi connectivity index (χ0v) is 14.4. The highest BCUT2D eigenvalue weighted by atomic mass is 19.4. The van der Waals surface area contributed by atoms with Gasteiger partial charge in [0.25, 0.3) is 5.56 Å². The molecular formula is C18H17F3N4O2. The number of halogens is 3. The highest BCUT2D eigenvalue weighted by molar-refractivity contribution is 6.01. The number of carbonyl (C=O) groups is 1. The average Bonchev–Trinajstić information content (AvgIpc) is 2.90. The van der Waals surface area contributed by atoms with E-state index in [1.807, 2.05) is 6.92 Å². The number of H-pyrrole nitrogens is 1. The van der Waals surface area contributed by atoms with Crippen molar-refractivity contribution >= 4 is 28.3 Å². The van der Waals surface area contributed by atoms with Crippen LogP contribution in [-0.2, 0) is 12.7 Å². The standard InChI is InChI=1S/C18H17F3N4O2/c1-2-8-25-15-7-6-13(10-14(15)16(26)24-25)23-17(27)22-12-5-3-4-11(9-12)18(19,20)21/h3-7,9-10H,2,8H2,1H3,(H,24,26)(H2,22,23,27). The van der Waals surface area contributed by atoms with Crippen molar-refractivity contribution in [2.75, 3.05) is 10.6 Å². The van der Waals surface area contributed by atoms with E-state index in [2.05, 4.69) is 15.7 Å². The minimum Gasteiger partial charge on any atom is -0.308 e. The molecule has 2 aromatic carbocycles. The summed E-state index contributed by atoms with van der Waals surface area (Å²) in [5, 5.41) is 8.00. The lowest BCUT2D eigenvalue weighted by atomic mass is 10.2. The molecule has 0 saturated carbocycles. The lowest BCUT2D eigenvalue weighted by Gasteiger charge is -2.11. The Morgan fingerprint density at radius 3 is 2.48 bits per heavy atom. The predicted octanol–water partition coefficient (Wildman–Crippen LogP) is 4.40. The van der Waals surface area contributed by atoms with Gasteiger partial charge in [0, 0.05) is 17.9 Å². The van der Waals surface area contributed by atoms with Crippen LogP contribution in [0, 0.1) is 0 Å². The van der Waals surface area contributed by atoms with Crippen molar-refractivity contribution in [2.45, 2.75) is 26.1 Å². The third kappa shape index (κ3) is 4.13. The quantitative estimate of drug-likeness (QED) is 0.629. The zero-order chi connectivity index (χ0) is 19.6. The first kappa shape index (κ1) is 18.6. The smallest absolute Gasteiger partial charge is 0.308 e. The van der Waals surface area contributed by atoms with Gasteiger partial charge in [-0.05, 0) is 42.8 Å². The molecule has 0 atom stereocenters. The number of hydrogen-bond acceptors (Lipinski definition) is 2. The highest BCUT2D eigenvalue weighted by Gasteiger charge is 2.30. The van der Waals surface area contributed by atoms with Crippen molar-refractivity contribution in [1.29, 1.82) is 0 Å². The van der Waals surface area contributed by atoms with Crippen LogP contribution in [0.5, 0.6) is 0 Å². The number of carbonyl (C=O) groups excluding carboxylic acids is 1. The summed E-state index contributed by atoms with van der Waals surface area (Å²) in [6, 6.07) is 8.46. The number of fused-ring (bicyclic) bond motifs is 1. The van der Waals surface area contributed by atoms with Gasteiger partial charge >= 0.3 is 12.2 Å². The Labute approximate surface area is 152 Å². The number of aromatic amines is 1. The average molecular weight is 378 g/mol. The zero-order valence-electron chi connectivity index (χ0n) is 14.4. The number of urea groups is 1. The molecule has 0 unspecified atom stereocenters. The van der Waals surface area contributed by atoms with Gasteiger partial charge in [0.1, 0.15) is 0 Å². The fraction of sp³-hybridized carbons (Fsp3) is 0.222. The predicted molar refractivity (Wildman–Crippen MR) is 96.9 cm³/mol. The number of aryl methyl sites for hydroxylation is 1. The van der Waals surface area contributed by atoms with E-state index in [1.165, 1.54) is 18.2 Å². The third-order valence-corrected chi connectivity index (χ3v) is 3.92. The summed E-state index contributed by atoms with van der Waals surface area (Å²) in [5.41, 5.74) is -0.0568. The molecule has 1 heterocycles. The first-order valence-corrected chi connectivity index (χ1v) is 8.26. The van der Waals surface area contributed by atoms with Crippen molar-refractivity contribution in [1.82, 2.24) is 9.78 Å². The number of anilines is 2. The van der Waals surface area contributed by atoms with Crippen LogP contribution in [-0.4, -0.2) is 15.8 Å². The molecule has 0 aliphatic heterocycles. The molecule has 0 bridgehead atoms. The Bertz CT molecular complexity index is 1040. The van der Waals surface area contributed by atoms with Gasteiger partial charge in [0.05, 0.1) is 16.5 Å². The fourth-order valence-corrected chi connectivity index (χ4v) is 2.74. The molecule has 27 heavy (non-hydrogen) atoms. The van der Waals surface area contributed by atoms with Crippen LogP contribution in [0.4, 0.5) is 29.3 Å². The maximum Gasteiger partial charge on any atom is 0.416 e. The summed E-state index contributed by atoms with van der Waals surface area (Å²) in [5.74, 6) is 0. The topological polar surface area (TPSA) is 78.9 Å². The van der Waals surface area contributed by atoms with Crippen molar-refractivity contribution < 1.29 is 18.0 Å². The molecule has 3 N–H and O–H groups in total. The number of rotatable bonds is 4. The maximum atomic E-state index is 12.7. The molecule has 9 heteroatoms. The van der Waals surface area contributed by atoms with Crippen LogP contribution in [0.15, 0.2) is 47.3 Å². The van der Waals surface area contributed by atoms with E-state index in [9.17, 15) is 22.8 Å². The van der Waals surface area contributed by atoms with Gasteiger partial charge in [0.2, 0.25) is 0 Å². The van der Waals surface area contributed by atoms with Crippen LogP contribution >= 0.6 is 0 Å². The largest absolute Gasteiger partial charge is 0.416 e. The Kier molecular flexibility index (Phi) is 4.93. The molecule has 6 nitrogen and oxygen atoms in total. The lowest BCUT2D eigenvalue weighted by molar-refractivity contribution is -0.137. The van der Waals surface area contributed by atoms with Gasteiger partial charge in [-0.2, -0.15) is 13.2 Å². The van der Waals surface area contributed by atoms with Crippen molar-refractivity contribution in [3.05, 3.63) is 58.4 Å². The molecule has 1 aromatic heterocycles. The van der Waals surface area contributed by atoms with E-state index in [4.69, 9.17) is 0 Å². The minimum atomic E-state index is -4.49. The van der Waals surface area contributed by atoms with Gasteiger partial charge in [0.15, 0.2) is 0 Å². The Hall–Kier alpha value is -3.23. The van der Waals surface area contributed by atoms with Crippen LogP contribution in [0.25, 0.3) is 10.9 Å². The Balaban J connectivity index is 1.76. The number of amides is 2. The SMILES string of the molecule is CCCn1[nH]c(=O)c2cc(NC(=O)Nc3cccc(C(F)(F)F)c3)ccc21. The molecule has 3 rings (SSSR count). The summed E-state index contributed by atoms with van der Waals surface area (Å²) in [4.78, 5) is 24.1. The molecule has 0 fully saturated rings. The number of nitrogens with zero attached hydrogens (tertiary/aromatic N) is 1. The molecule has 0 aliphatic carbocycles. The van der Waals surface area contributed by atoms with Gasteiger partial charge in [-0.3, -0.25) is 14.6 Å². The Morgan fingerprint density at radius 2 is 1.81 bits per heavy atom. The number of alkyl halides is 3. The monoisotopic (exact) mass is 378 g/mol. The van der Waals surface area contributed by atoms with Crippen molar-refractivity contribution in [2.24, 2.45) is 0 Å². The normalized spacial score (nSPS) is 11.6.